The van der Waals surface area contributed by atoms with Crippen molar-refractivity contribution < 1.29 is 99.8 Å². The van der Waals surface area contributed by atoms with E-state index in [0.717, 1.165) is 23.1 Å². The minimum atomic E-state index is -0.559. The highest BCUT2D eigenvalue weighted by atomic mass is 19.0. The molecular weight excluding hydrogens is 976 g/mol. The molecule has 1 aliphatic heterocycles. The molecule has 0 saturated carbocycles. The van der Waals surface area contributed by atoms with Crippen LogP contribution in [0.25, 0.3) is 6.08 Å². The van der Waals surface area contributed by atoms with Crippen molar-refractivity contribution in [2.24, 2.45) is 0 Å². The molecule has 4 aromatic rings. The lowest BCUT2D eigenvalue weighted by Crippen LogP contribution is -2.15. The summed E-state index contributed by atoms with van der Waals surface area (Å²) in [5.41, 5.74) is 2.30. The normalized spacial score (nSPS) is 10.3. The van der Waals surface area contributed by atoms with Crippen molar-refractivity contribution in [3.05, 3.63) is 138 Å². The fraction of sp³-hybridized carbons (Fsp3) is 0.340. The Kier molecular flexibility index (Phi) is 49.1. The van der Waals surface area contributed by atoms with Crippen LogP contribution in [0, 0.1) is 0 Å². The highest BCUT2D eigenvalue weighted by Crippen LogP contribution is 2.16. The van der Waals surface area contributed by atoms with E-state index < -0.39 is 30.0 Å². The van der Waals surface area contributed by atoms with Crippen molar-refractivity contribution in [3.63, 3.8) is 0 Å². The summed E-state index contributed by atoms with van der Waals surface area (Å²) in [5, 5.41) is 0. The van der Waals surface area contributed by atoms with Gasteiger partial charge in [0, 0.05) is 33.3 Å². The van der Waals surface area contributed by atoms with E-state index in [1.165, 1.54) is 48.5 Å². The highest BCUT2D eigenvalue weighted by molar-refractivity contribution is 5.90. The van der Waals surface area contributed by atoms with Gasteiger partial charge >= 0.3 is 41.8 Å². The minimum absolute atomic E-state index is 0. The first-order valence-corrected chi connectivity index (χ1v) is 19.9. The van der Waals surface area contributed by atoms with Gasteiger partial charge in [0.25, 0.3) is 0 Å². The van der Waals surface area contributed by atoms with Gasteiger partial charge in [-0.25, -0.2) is 28.8 Å². The quantitative estimate of drug-likeness (QED) is 0.0355. The molecule has 5 rings (SSSR count). The summed E-state index contributed by atoms with van der Waals surface area (Å²) in [5.74, 6) is -0.279. The van der Waals surface area contributed by atoms with E-state index in [1.54, 1.807) is 107 Å². The van der Waals surface area contributed by atoms with Gasteiger partial charge < -0.3 is 61.6 Å². The van der Waals surface area contributed by atoms with E-state index in [9.17, 15) is 33.6 Å². The number of carbonyl (C=O) groups is 7. The molecule has 1 fully saturated rings. The third kappa shape index (κ3) is 35.7. The van der Waals surface area contributed by atoms with Gasteiger partial charge in [-0.15, -0.1) is 0 Å². The summed E-state index contributed by atoms with van der Waals surface area (Å²) < 4.78 is 60.8. The average molecular weight is 1050 g/mol. The van der Waals surface area contributed by atoms with E-state index in [2.05, 4.69) is 39.7 Å². The van der Waals surface area contributed by atoms with Gasteiger partial charge in [0.15, 0.2) is 6.10 Å². The maximum absolute atomic E-state index is 11.2. The van der Waals surface area contributed by atoms with E-state index in [0.29, 0.717) is 34.8 Å². The van der Waals surface area contributed by atoms with Crippen LogP contribution >= 0.6 is 0 Å². The summed E-state index contributed by atoms with van der Waals surface area (Å²) in [6.45, 7) is 4.63. The predicted molar refractivity (Wildman–Crippen MR) is 277 cm³/mol. The molecule has 0 spiro atoms. The van der Waals surface area contributed by atoms with Crippen LogP contribution in [0.1, 0.15) is 73.3 Å². The van der Waals surface area contributed by atoms with Crippen LogP contribution in [0.2, 0.25) is 0 Å². The van der Waals surface area contributed by atoms with Gasteiger partial charge in [-0.1, -0.05) is 48.4 Å². The van der Waals surface area contributed by atoms with Gasteiger partial charge in [-0.05, 0) is 96.6 Å². The monoisotopic (exact) mass is 1050 g/mol. The SMILES string of the molecule is C.C.C.C.C=CC(=O)OCOc1ccc(C(=O)OC)cc1.COC.COC(=O)C=Cc1ccc(OC)cc1.COC(=O)c1ccc(OC)cc1.COC(=O)c1ccc(OCOC(=O)C2CO2)cc1.COC(C)=O.F. The third-order valence-corrected chi connectivity index (χ3v) is 7.69. The molecule has 21 heteroatoms. The van der Waals surface area contributed by atoms with Crippen molar-refractivity contribution in [1.29, 1.82) is 0 Å². The standard InChI is InChI=1S/C12H12O6.C12H12O5.C11H12O3.C9H10O3.C3H6O2.C2H6O.4CH4.FH/c1-15-11(13)8-2-4-9(5-3-8)17-7-18-12(14)10-6-16-10;1-3-11(13)17-8-16-10-6-4-9(5-7-10)12(14)15-2;1-13-10-6-3-9(4-7-10)5-8-11(12)14-2;1-11-8-5-3-7(4-6-8)9(10)12-2;1-3(4)5-2;1-3-2;;;;;/h2-5,10H,6-7H2,1H3;3-7H,1,8H2,2H3;3-8H,1-2H3;3-6H,1-2H3;1-2H3;1-2H3;4*1H4;1H. The fourth-order valence-corrected chi connectivity index (χ4v) is 4.05. The number of hydrogen-bond acceptors (Lipinski definition) is 20. The number of halogens is 1. The molecule has 20 nitrogen and oxygen atoms in total. The molecule has 1 atom stereocenters. The van der Waals surface area contributed by atoms with E-state index >= 15 is 0 Å². The van der Waals surface area contributed by atoms with Crippen LogP contribution in [0.4, 0.5) is 4.70 Å². The van der Waals surface area contributed by atoms with Crippen LogP contribution in [0.15, 0.2) is 116 Å². The first-order chi connectivity index (χ1) is 33.1. The van der Waals surface area contributed by atoms with Gasteiger partial charge in [0.1, 0.15) is 23.0 Å². The molecule has 1 saturated heterocycles. The second-order valence-corrected chi connectivity index (χ2v) is 12.5. The Labute approximate surface area is 434 Å². The molecule has 0 N–H and O–H groups in total. The Balaban J connectivity index is -0.000000196. The number of benzene rings is 4. The zero-order valence-corrected chi connectivity index (χ0v) is 40.4. The largest absolute Gasteiger partial charge is 0.497 e. The maximum atomic E-state index is 11.2. The molecule has 74 heavy (non-hydrogen) atoms. The maximum Gasteiger partial charge on any atom is 0.340 e. The summed E-state index contributed by atoms with van der Waals surface area (Å²) in [6, 6.07) is 26.7. The van der Waals surface area contributed by atoms with Crippen LogP contribution in [-0.4, -0.2) is 132 Å². The van der Waals surface area contributed by atoms with Gasteiger partial charge in [0.05, 0.1) is 73.1 Å². The molecule has 0 radical (unpaired) electrons. The molecule has 414 valence electrons. The van der Waals surface area contributed by atoms with Gasteiger partial charge in [-0.3, -0.25) is 9.50 Å². The molecular formula is C53H75FO20. The topological polar surface area (TPSA) is 243 Å². The molecule has 1 heterocycles. The highest BCUT2D eigenvalue weighted by Gasteiger charge is 2.33. The minimum Gasteiger partial charge on any atom is -0.497 e. The molecule has 1 unspecified atom stereocenters. The summed E-state index contributed by atoms with van der Waals surface area (Å²) in [4.78, 5) is 75.4. The Bertz CT molecular complexity index is 2170. The lowest BCUT2D eigenvalue weighted by Gasteiger charge is -2.06. The van der Waals surface area contributed by atoms with E-state index in [4.69, 9.17) is 28.4 Å². The zero-order valence-electron chi connectivity index (χ0n) is 40.4. The van der Waals surface area contributed by atoms with Crippen molar-refractivity contribution in [2.75, 3.05) is 84.2 Å². The number of esters is 7. The Morgan fingerprint density at radius 1 is 0.514 bits per heavy atom. The van der Waals surface area contributed by atoms with Crippen LogP contribution < -0.4 is 18.9 Å². The number of epoxide rings is 1. The van der Waals surface area contributed by atoms with Crippen LogP contribution in [0.3, 0.4) is 0 Å². The average Bonchev–Trinajstić information content (AvgIpc) is 4.25. The second-order valence-electron chi connectivity index (χ2n) is 12.5. The number of methoxy groups -OCH3 is 8. The summed E-state index contributed by atoms with van der Waals surface area (Å²) in [7, 11) is 13.1. The van der Waals surface area contributed by atoms with Crippen molar-refractivity contribution in [2.45, 2.75) is 42.7 Å². The smallest absolute Gasteiger partial charge is 0.340 e. The summed E-state index contributed by atoms with van der Waals surface area (Å²) >= 11 is 0. The number of carbonyl (C=O) groups excluding carboxylic acids is 7. The van der Waals surface area contributed by atoms with Crippen molar-refractivity contribution >= 4 is 47.9 Å². The van der Waals surface area contributed by atoms with Crippen LogP contribution in [-0.2, 0) is 61.8 Å². The molecule has 0 amide bonds. The van der Waals surface area contributed by atoms with E-state index in [-0.39, 0.29) is 65.9 Å². The molecule has 0 aromatic heterocycles. The molecule has 4 aromatic carbocycles. The Hall–Kier alpha value is -8.30. The van der Waals surface area contributed by atoms with Crippen molar-refractivity contribution in [1.82, 2.24) is 0 Å². The third-order valence-electron chi connectivity index (χ3n) is 7.69. The van der Waals surface area contributed by atoms with Crippen molar-refractivity contribution in [3.8, 4) is 23.0 Å². The predicted octanol–water partition coefficient (Wildman–Crippen LogP) is 8.79. The van der Waals surface area contributed by atoms with E-state index in [1.807, 2.05) is 24.3 Å². The fourth-order valence-electron chi connectivity index (χ4n) is 4.05. The lowest BCUT2D eigenvalue weighted by molar-refractivity contribution is -0.151. The number of hydrogen-bond donors (Lipinski definition) is 0. The molecule has 1 aliphatic rings. The first-order valence-electron chi connectivity index (χ1n) is 19.9. The summed E-state index contributed by atoms with van der Waals surface area (Å²) in [6.07, 6.45) is 3.67. The first kappa shape index (κ1) is 77.2. The second kappa shape index (κ2) is 47.0. The van der Waals surface area contributed by atoms with Crippen LogP contribution in [0.5, 0.6) is 23.0 Å². The number of ether oxygens (including phenoxy) is 13. The lowest BCUT2D eigenvalue weighted by atomic mass is 10.2. The molecule has 0 aliphatic carbocycles. The number of rotatable bonds is 15. The Morgan fingerprint density at radius 3 is 1.12 bits per heavy atom. The molecule has 0 bridgehead atoms. The zero-order chi connectivity index (χ0) is 52.0. The van der Waals surface area contributed by atoms with Gasteiger partial charge in [0.2, 0.25) is 13.6 Å². The van der Waals surface area contributed by atoms with Gasteiger partial charge in [-0.2, -0.15) is 0 Å². The Morgan fingerprint density at radius 2 is 0.838 bits per heavy atom.